The molecular weight excluding hydrogens is 198 g/mol. The van der Waals surface area contributed by atoms with Crippen LogP contribution in [0.4, 0.5) is 0 Å². The van der Waals surface area contributed by atoms with Gasteiger partial charge in [0.2, 0.25) is 5.91 Å². The van der Waals surface area contributed by atoms with Crippen molar-refractivity contribution in [1.29, 1.82) is 0 Å². The van der Waals surface area contributed by atoms with Gasteiger partial charge in [-0.1, -0.05) is 31.8 Å². The SMILES string of the molecule is CCCC/C(C)=C1/C(=O)NC2CCCCC12. The quantitative estimate of drug-likeness (QED) is 0.729. The fourth-order valence-electron chi connectivity index (χ4n) is 3.15. The first-order valence-corrected chi connectivity index (χ1v) is 6.74. The third-order valence-electron chi connectivity index (χ3n) is 4.06. The number of hydrogen-bond acceptors (Lipinski definition) is 1. The Balaban J connectivity index is 2.15. The van der Waals surface area contributed by atoms with E-state index in [2.05, 4.69) is 19.2 Å². The van der Waals surface area contributed by atoms with Crippen LogP contribution in [-0.2, 0) is 4.79 Å². The van der Waals surface area contributed by atoms with Crippen LogP contribution in [0, 0.1) is 5.92 Å². The van der Waals surface area contributed by atoms with Crippen LogP contribution in [0.5, 0.6) is 0 Å². The summed E-state index contributed by atoms with van der Waals surface area (Å²) in [5.41, 5.74) is 2.48. The molecule has 1 N–H and O–H groups in total. The predicted molar refractivity (Wildman–Crippen MR) is 66.1 cm³/mol. The van der Waals surface area contributed by atoms with Gasteiger partial charge in [0, 0.05) is 17.5 Å². The topological polar surface area (TPSA) is 29.1 Å². The van der Waals surface area contributed by atoms with Crippen LogP contribution in [-0.4, -0.2) is 11.9 Å². The van der Waals surface area contributed by atoms with Gasteiger partial charge in [-0.2, -0.15) is 0 Å². The van der Waals surface area contributed by atoms with E-state index < -0.39 is 0 Å². The first-order chi connectivity index (χ1) is 7.74. The summed E-state index contributed by atoms with van der Waals surface area (Å²) in [5.74, 6) is 0.753. The van der Waals surface area contributed by atoms with Crippen LogP contribution in [0.2, 0.25) is 0 Å². The minimum atomic E-state index is 0.227. The van der Waals surface area contributed by atoms with Gasteiger partial charge in [-0.25, -0.2) is 0 Å². The molecule has 0 bridgehead atoms. The van der Waals surface area contributed by atoms with Gasteiger partial charge in [0.1, 0.15) is 0 Å². The number of carbonyl (C=O) groups excluding carboxylic acids is 1. The molecular formula is C14H23NO. The number of fused-ring (bicyclic) bond motifs is 1. The fourth-order valence-corrected chi connectivity index (χ4v) is 3.15. The van der Waals surface area contributed by atoms with Crippen LogP contribution in [0.1, 0.15) is 58.8 Å². The molecule has 90 valence electrons. The molecule has 0 aromatic carbocycles. The summed E-state index contributed by atoms with van der Waals surface area (Å²) in [6, 6.07) is 0.452. The highest BCUT2D eigenvalue weighted by Crippen LogP contribution is 2.37. The maximum absolute atomic E-state index is 12.0. The van der Waals surface area contributed by atoms with Gasteiger partial charge < -0.3 is 5.32 Å². The highest BCUT2D eigenvalue weighted by atomic mass is 16.2. The third kappa shape index (κ3) is 2.16. The Bertz CT molecular complexity index is 306. The van der Waals surface area contributed by atoms with E-state index in [-0.39, 0.29) is 5.91 Å². The Morgan fingerprint density at radius 3 is 2.88 bits per heavy atom. The number of carbonyl (C=O) groups is 1. The highest BCUT2D eigenvalue weighted by Gasteiger charge is 2.39. The van der Waals surface area contributed by atoms with Crippen molar-refractivity contribution in [3.63, 3.8) is 0 Å². The first kappa shape index (κ1) is 11.7. The zero-order valence-electron chi connectivity index (χ0n) is 10.5. The van der Waals surface area contributed by atoms with Crippen LogP contribution in [0.15, 0.2) is 11.1 Å². The molecule has 2 rings (SSSR count). The van der Waals surface area contributed by atoms with E-state index in [1.807, 2.05) is 0 Å². The second kappa shape index (κ2) is 5.03. The van der Waals surface area contributed by atoms with Gasteiger partial charge in [-0.3, -0.25) is 4.79 Å². The van der Waals surface area contributed by atoms with Crippen molar-refractivity contribution in [2.24, 2.45) is 5.92 Å². The number of rotatable bonds is 3. The smallest absolute Gasteiger partial charge is 0.247 e. The van der Waals surface area contributed by atoms with Crippen molar-refractivity contribution in [2.75, 3.05) is 0 Å². The van der Waals surface area contributed by atoms with E-state index in [1.165, 1.54) is 44.1 Å². The second-order valence-corrected chi connectivity index (χ2v) is 5.27. The molecule has 1 aliphatic heterocycles. The molecule has 0 aromatic heterocycles. The van der Waals surface area contributed by atoms with Crippen LogP contribution >= 0.6 is 0 Å². The van der Waals surface area contributed by atoms with E-state index in [1.54, 1.807) is 0 Å². The number of nitrogens with one attached hydrogen (secondary N) is 1. The number of amides is 1. The highest BCUT2D eigenvalue weighted by molar-refractivity contribution is 5.97. The third-order valence-corrected chi connectivity index (χ3v) is 4.06. The second-order valence-electron chi connectivity index (χ2n) is 5.27. The van der Waals surface area contributed by atoms with Gasteiger partial charge in [-0.15, -0.1) is 0 Å². The molecule has 1 saturated carbocycles. The lowest BCUT2D eigenvalue weighted by molar-refractivity contribution is -0.116. The molecule has 2 atom stereocenters. The maximum atomic E-state index is 12.0. The van der Waals surface area contributed by atoms with Gasteiger partial charge in [0.25, 0.3) is 0 Å². The Hall–Kier alpha value is -0.790. The molecule has 2 unspecified atom stereocenters. The average Bonchev–Trinajstić information content (AvgIpc) is 2.62. The molecule has 1 saturated heterocycles. The standard InChI is InChI=1S/C14H23NO/c1-3-4-7-10(2)13-11-8-5-6-9-12(11)15-14(13)16/h11-12H,3-9H2,1-2H3,(H,15,16)/b13-10+. The lowest BCUT2D eigenvalue weighted by Gasteiger charge is -2.25. The molecule has 2 nitrogen and oxygen atoms in total. The van der Waals surface area contributed by atoms with Crippen LogP contribution < -0.4 is 5.32 Å². The molecule has 0 spiro atoms. The molecule has 1 amide bonds. The minimum absolute atomic E-state index is 0.227. The number of allylic oxidation sites excluding steroid dienone is 1. The van der Waals surface area contributed by atoms with Crippen molar-refractivity contribution >= 4 is 5.91 Å². The normalized spacial score (nSPS) is 32.2. The molecule has 0 aromatic rings. The Morgan fingerprint density at radius 2 is 2.12 bits per heavy atom. The van der Waals surface area contributed by atoms with E-state index in [0.29, 0.717) is 12.0 Å². The lowest BCUT2D eigenvalue weighted by atomic mass is 9.81. The number of unbranched alkanes of at least 4 members (excludes halogenated alkanes) is 1. The zero-order chi connectivity index (χ0) is 11.5. The average molecular weight is 221 g/mol. The van der Waals surface area contributed by atoms with E-state index >= 15 is 0 Å². The van der Waals surface area contributed by atoms with Crippen molar-refractivity contribution in [1.82, 2.24) is 5.32 Å². The van der Waals surface area contributed by atoms with Crippen molar-refractivity contribution in [3.05, 3.63) is 11.1 Å². The van der Waals surface area contributed by atoms with E-state index in [4.69, 9.17) is 0 Å². The van der Waals surface area contributed by atoms with Gasteiger partial charge in [0.15, 0.2) is 0 Å². The molecule has 2 aliphatic rings. The first-order valence-electron chi connectivity index (χ1n) is 6.74. The molecule has 1 heterocycles. The molecule has 1 aliphatic carbocycles. The Morgan fingerprint density at radius 1 is 1.38 bits per heavy atom. The van der Waals surface area contributed by atoms with Gasteiger partial charge in [0.05, 0.1) is 0 Å². The Kier molecular flexibility index (Phi) is 3.67. The summed E-state index contributed by atoms with van der Waals surface area (Å²) in [6.07, 6.45) is 8.48. The summed E-state index contributed by atoms with van der Waals surface area (Å²) in [5, 5.41) is 3.17. The molecule has 0 radical (unpaired) electrons. The summed E-state index contributed by atoms with van der Waals surface area (Å²) in [6.45, 7) is 4.36. The summed E-state index contributed by atoms with van der Waals surface area (Å²) >= 11 is 0. The summed E-state index contributed by atoms with van der Waals surface area (Å²) in [4.78, 5) is 12.0. The molecule has 16 heavy (non-hydrogen) atoms. The monoisotopic (exact) mass is 221 g/mol. The van der Waals surface area contributed by atoms with Gasteiger partial charge >= 0.3 is 0 Å². The minimum Gasteiger partial charge on any atom is -0.349 e. The maximum Gasteiger partial charge on any atom is 0.247 e. The van der Waals surface area contributed by atoms with E-state index in [9.17, 15) is 4.79 Å². The zero-order valence-corrected chi connectivity index (χ0v) is 10.5. The van der Waals surface area contributed by atoms with Crippen LogP contribution in [0.3, 0.4) is 0 Å². The predicted octanol–water partition coefficient (Wildman–Crippen LogP) is 3.18. The van der Waals surface area contributed by atoms with Gasteiger partial charge in [-0.05, 0) is 32.6 Å². The summed E-state index contributed by atoms with van der Waals surface area (Å²) in [7, 11) is 0. The van der Waals surface area contributed by atoms with Crippen molar-refractivity contribution in [3.8, 4) is 0 Å². The molecule has 2 heteroatoms. The Labute approximate surface area is 98.5 Å². The number of hydrogen-bond donors (Lipinski definition) is 1. The lowest BCUT2D eigenvalue weighted by Crippen LogP contribution is -2.30. The van der Waals surface area contributed by atoms with Crippen molar-refractivity contribution in [2.45, 2.75) is 64.8 Å². The summed E-state index contributed by atoms with van der Waals surface area (Å²) < 4.78 is 0. The molecule has 2 fully saturated rings. The van der Waals surface area contributed by atoms with Crippen molar-refractivity contribution < 1.29 is 4.79 Å². The van der Waals surface area contributed by atoms with E-state index in [0.717, 1.165) is 12.0 Å². The largest absolute Gasteiger partial charge is 0.349 e. The fraction of sp³-hybridized carbons (Fsp3) is 0.786. The van der Waals surface area contributed by atoms with Crippen LogP contribution in [0.25, 0.3) is 0 Å².